The smallest absolute Gasteiger partial charge is 0.261 e. The van der Waals surface area contributed by atoms with E-state index in [-0.39, 0.29) is 23.1 Å². The molecule has 6 nitrogen and oxygen atoms in total. The van der Waals surface area contributed by atoms with Crippen molar-refractivity contribution in [2.45, 2.75) is 40.2 Å². The molecule has 0 aromatic carbocycles. The largest absolute Gasteiger partial charge is 0.344 e. The summed E-state index contributed by atoms with van der Waals surface area (Å²) in [6.45, 7) is 7.40. The Hall–Kier alpha value is -2.37. The van der Waals surface area contributed by atoms with Gasteiger partial charge in [0.05, 0.1) is 6.04 Å². The highest BCUT2D eigenvalue weighted by Crippen LogP contribution is 2.14. The lowest BCUT2D eigenvalue weighted by molar-refractivity contribution is 0.0931. The lowest BCUT2D eigenvalue weighted by atomic mass is 10.1. The van der Waals surface area contributed by atoms with Crippen LogP contribution >= 0.6 is 0 Å². The van der Waals surface area contributed by atoms with Crippen LogP contribution in [0.25, 0.3) is 0 Å². The van der Waals surface area contributed by atoms with Crippen molar-refractivity contribution in [2.75, 3.05) is 0 Å². The summed E-state index contributed by atoms with van der Waals surface area (Å²) >= 11 is 0. The van der Waals surface area contributed by atoms with Gasteiger partial charge in [0, 0.05) is 17.6 Å². The zero-order chi connectivity index (χ0) is 15.6. The van der Waals surface area contributed by atoms with Crippen LogP contribution in [0.2, 0.25) is 0 Å². The van der Waals surface area contributed by atoms with Crippen LogP contribution in [-0.2, 0) is 0 Å². The summed E-state index contributed by atoms with van der Waals surface area (Å²) in [7, 11) is 0. The third-order valence-electron chi connectivity index (χ3n) is 3.36. The number of carbonyl (C=O) groups excluding carboxylic acids is 1. The number of hydrogen-bond donors (Lipinski definition) is 3. The number of rotatable bonds is 4. The molecule has 0 spiro atoms. The van der Waals surface area contributed by atoms with Gasteiger partial charge >= 0.3 is 0 Å². The number of hydrogen-bond acceptors (Lipinski definition) is 3. The van der Waals surface area contributed by atoms with E-state index in [9.17, 15) is 9.59 Å². The van der Waals surface area contributed by atoms with Crippen molar-refractivity contribution in [1.29, 1.82) is 0 Å². The average molecular weight is 288 g/mol. The highest BCUT2D eigenvalue weighted by molar-refractivity contribution is 5.95. The monoisotopic (exact) mass is 288 g/mol. The first-order valence-electron chi connectivity index (χ1n) is 6.95. The van der Waals surface area contributed by atoms with Crippen molar-refractivity contribution in [3.8, 4) is 0 Å². The fraction of sp³-hybridized carbons (Fsp3) is 0.400. The van der Waals surface area contributed by atoms with E-state index in [1.807, 2.05) is 13.8 Å². The summed E-state index contributed by atoms with van der Waals surface area (Å²) in [5.41, 5.74) is 2.13. The minimum absolute atomic E-state index is 0.155. The van der Waals surface area contributed by atoms with E-state index in [2.05, 4.69) is 20.3 Å². The van der Waals surface area contributed by atoms with Gasteiger partial charge in [0.15, 0.2) is 0 Å². The highest BCUT2D eigenvalue weighted by Gasteiger charge is 2.20. The van der Waals surface area contributed by atoms with E-state index in [0.29, 0.717) is 17.8 Å². The maximum atomic E-state index is 12.4. The number of nitrogens with one attached hydrogen (secondary N) is 3. The topological polar surface area (TPSA) is 90.6 Å². The van der Waals surface area contributed by atoms with Gasteiger partial charge in [-0.15, -0.1) is 0 Å². The molecule has 0 aliphatic rings. The average Bonchev–Trinajstić information content (AvgIpc) is 2.81. The van der Waals surface area contributed by atoms with Crippen molar-refractivity contribution in [2.24, 2.45) is 0 Å². The van der Waals surface area contributed by atoms with Gasteiger partial charge < -0.3 is 15.3 Å². The minimum Gasteiger partial charge on any atom is -0.344 e. The lowest BCUT2D eigenvalue weighted by Crippen LogP contribution is -2.34. The van der Waals surface area contributed by atoms with Gasteiger partial charge in [-0.3, -0.25) is 9.59 Å². The molecule has 0 aliphatic carbocycles. The van der Waals surface area contributed by atoms with Crippen molar-refractivity contribution in [3.63, 3.8) is 0 Å². The van der Waals surface area contributed by atoms with Crippen LogP contribution in [0.3, 0.4) is 0 Å². The first kappa shape index (κ1) is 15.0. The van der Waals surface area contributed by atoms with Gasteiger partial charge in [-0.2, -0.15) is 0 Å². The molecule has 1 amide bonds. The fourth-order valence-electron chi connectivity index (χ4n) is 2.34. The Bertz CT molecular complexity index is 715. The Balaban J connectivity index is 2.27. The zero-order valence-corrected chi connectivity index (χ0v) is 12.7. The molecule has 0 saturated heterocycles. The maximum absolute atomic E-state index is 12.4. The predicted molar refractivity (Wildman–Crippen MR) is 80.4 cm³/mol. The lowest BCUT2D eigenvalue weighted by Gasteiger charge is -2.15. The van der Waals surface area contributed by atoms with Crippen LogP contribution in [0.1, 0.15) is 52.5 Å². The second-order valence-corrected chi connectivity index (χ2v) is 5.23. The SMILES string of the molecule is CC[C@@H](NC(=O)c1c(C)cc(C)[nH]c1=O)c1ncc(C)[nH]1. The molecule has 3 N–H and O–H groups in total. The number of imidazole rings is 1. The van der Waals surface area contributed by atoms with Crippen LogP contribution in [0, 0.1) is 20.8 Å². The summed E-state index contributed by atoms with van der Waals surface area (Å²) in [5.74, 6) is 0.319. The van der Waals surface area contributed by atoms with Crippen LogP contribution < -0.4 is 10.9 Å². The Morgan fingerprint density at radius 1 is 1.29 bits per heavy atom. The number of aryl methyl sites for hydroxylation is 3. The summed E-state index contributed by atoms with van der Waals surface area (Å²) in [6.07, 6.45) is 2.40. The van der Waals surface area contributed by atoms with Gasteiger partial charge in [0.2, 0.25) is 0 Å². The van der Waals surface area contributed by atoms with Gasteiger partial charge in [-0.05, 0) is 38.8 Å². The predicted octanol–water partition coefficient (Wildman–Crippen LogP) is 1.90. The quantitative estimate of drug-likeness (QED) is 0.802. The number of aromatic amines is 2. The van der Waals surface area contributed by atoms with Crippen LogP contribution in [0.15, 0.2) is 17.1 Å². The third-order valence-corrected chi connectivity index (χ3v) is 3.36. The van der Waals surface area contributed by atoms with Gasteiger partial charge in [-0.1, -0.05) is 6.92 Å². The molecule has 0 fully saturated rings. The molecule has 2 heterocycles. The molecule has 0 bridgehead atoms. The molecular formula is C15H20N4O2. The van der Waals surface area contributed by atoms with E-state index in [1.54, 1.807) is 26.1 Å². The summed E-state index contributed by atoms with van der Waals surface area (Å²) in [6, 6.07) is 1.54. The molecule has 112 valence electrons. The molecule has 0 aliphatic heterocycles. The first-order chi connectivity index (χ1) is 9.92. The summed E-state index contributed by atoms with van der Waals surface area (Å²) < 4.78 is 0. The Labute approximate surface area is 123 Å². The van der Waals surface area contributed by atoms with E-state index in [0.717, 1.165) is 11.4 Å². The van der Waals surface area contributed by atoms with E-state index < -0.39 is 0 Å². The normalized spacial score (nSPS) is 12.2. The standard InChI is InChI=1S/C15H20N4O2/c1-5-11(13-16-7-10(4)17-13)19-15(21)12-8(2)6-9(3)18-14(12)20/h6-7,11H,5H2,1-4H3,(H,16,17)(H,18,20)(H,19,21)/t11-/m1/s1. The van der Waals surface area contributed by atoms with Crippen LogP contribution in [0.5, 0.6) is 0 Å². The third kappa shape index (κ3) is 3.21. The van der Waals surface area contributed by atoms with E-state index in [1.165, 1.54) is 0 Å². The molecule has 2 aromatic heterocycles. The van der Waals surface area contributed by atoms with Crippen LogP contribution in [-0.4, -0.2) is 20.9 Å². The van der Waals surface area contributed by atoms with Gasteiger partial charge in [0.25, 0.3) is 11.5 Å². The van der Waals surface area contributed by atoms with Crippen molar-refractivity contribution in [1.82, 2.24) is 20.3 Å². The van der Waals surface area contributed by atoms with Crippen molar-refractivity contribution < 1.29 is 4.79 Å². The zero-order valence-electron chi connectivity index (χ0n) is 12.7. The summed E-state index contributed by atoms with van der Waals surface area (Å²) in [4.78, 5) is 34.3. The fourth-order valence-corrected chi connectivity index (χ4v) is 2.34. The van der Waals surface area contributed by atoms with Crippen molar-refractivity contribution in [3.05, 3.63) is 51.0 Å². The number of aromatic nitrogens is 3. The minimum atomic E-state index is -0.380. The molecule has 6 heteroatoms. The molecule has 1 atom stereocenters. The van der Waals surface area contributed by atoms with E-state index >= 15 is 0 Å². The number of H-pyrrole nitrogens is 2. The molecule has 21 heavy (non-hydrogen) atoms. The molecular weight excluding hydrogens is 268 g/mol. The highest BCUT2D eigenvalue weighted by atomic mass is 16.2. The second kappa shape index (κ2) is 5.95. The van der Waals surface area contributed by atoms with Gasteiger partial charge in [0.1, 0.15) is 11.4 Å². The number of pyridine rings is 1. The summed E-state index contributed by atoms with van der Waals surface area (Å²) in [5, 5.41) is 2.86. The number of nitrogens with zero attached hydrogens (tertiary/aromatic N) is 1. The Morgan fingerprint density at radius 2 is 2.00 bits per heavy atom. The Kier molecular flexibility index (Phi) is 4.26. The molecule has 2 aromatic rings. The van der Waals surface area contributed by atoms with Gasteiger partial charge in [-0.25, -0.2) is 4.98 Å². The van der Waals surface area contributed by atoms with Crippen LogP contribution in [0.4, 0.5) is 0 Å². The number of amides is 1. The molecule has 0 radical (unpaired) electrons. The molecule has 0 saturated carbocycles. The molecule has 2 rings (SSSR count). The second-order valence-electron chi connectivity index (χ2n) is 5.23. The number of carbonyl (C=O) groups is 1. The first-order valence-corrected chi connectivity index (χ1v) is 6.95. The molecule has 0 unspecified atom stereocenters. The van der Waals surface area contributed by atoms with E-state index in [4.69, 9.17) is 0 Å². The van der Waals surface area contributed by atoms with Crippen molar-refractivity contribution >= 4 is 5.91 Å². The maximum Gasteiger partial charge on any atom is 0.261 e. The Morgan fingerprint density at radius 3 is 2.52 bits per heavy atom.